The van der Waals surface area contributed by atoms with Gasteiger partial charge in [0.2, 0.25) is 0 Å². The lowest BCUT2D eigenvalue weighted by Gasteiger charge is -2.35. The van der Waals surface area contributed by atoms with Gasteiger partial charge in [0, 0.05) is 19.8 Å². The molecule has 0 bridgehead atoms. The Hall–Kier alpha value is 0.0169. The molecule has 104 valence electrons. The largest absolute Gasteiger partial charge is 0.518 e. The fourth-order valence-electron chi connectivity index (χ4n) is 1.79. The summed E-state index contributed by atoms with van der Waals surface area (Å²) in [6.07, 6.45) is 0.185. The molecule has 6 heteroatoms. The predicted octanol–water partition coefficient (Wildman–Crippen LogP) is 1.28. The Morgan fingerprint density at radius 3 is 1.65 bits per heavy atom. The van der Waals surface area contributed by atoms with Gasteiger partial charge in [-0.25, -0.2) is 0 Å². The highest BCUT2D eigenvalue weighted by molar-refractivity contribution is 6.62. The van der Waals surface area contributed by atoms with Gasteiger partial charge in [0.05, 0.1) is 5.67 Å². The molecule has 2 atom stereocenters. The summed E-state index contributed by atoms with van der Waals surface area (Å²) in [5, 5.41) is 12.5. The predicted molar refractivity (Wildman–Crippen MR) is 69.5 cm³/mol. The monoisotopic (exact) mass is 265 g/mol. The van der Waals surface area contributed by atoms with Crippen molar-refractivity contribution < 1.29 is 18.4 Å². The van der Waals surface area contributed by atoms with Crippen LogP contribution in [0.25, 0.3) is 0 Å². The van der Waals surface area contributed by atoms with Crippen LogP contribution in [0.5, 0.6) is 0 Å². The topological polar surface area (TPSA) is 60.0 Å². The molecular weight excluding hydrogens is 238 g/mol. The standard InChI is InChI=1S/C11H27NO4Si/c1-6-11(12-10(5)13)17(14-7-2,15-8-3)16-9-4/h10-13H,6-9H2,1-5H3. The van der Waals surface area contributed by atoms with Crippen LogP contribution in [0.3, 0.4) is 0 Å². The Morgan fingerprint density at radius 2 is 1.41 bits per heavy atom. The number of rotatable bonds is 10. The minimum absolute atomic E-state index is 0.0812. The normalized spacial score (nSPS) is 15.9. The summed E-state index contributed by atoms with van der Waals surface area (Å²) in [7, 11) is -2.76. The number of hydrogen-bond acceptors (Lipinski definition) is 5. The molecule has 2 N–H and O–H groups in total. The summed E-state index contributed by atoms with van der Waals surface area (Å²) in [5.41, 5.74) is -0.0812. The third-order valence-electron chi connectivity index (χ3n) is 2.31. The first kappa shape index (κ1) is 17.0. The van der Waals surface area contributed by atoms with Gasteiger partial charge in [-0.15, -0.1) is 0 Å². The Labute approximate surface area is 106 Å². The van der Waals surface area contributed by atoms with E-state index in [1.54, 1.807) is 6.92 Å². The second-order valence-corrected chi connectivity index (χ2v) is 6.48. The first-order valence-corrected chi connectivity index (χ1v) is 8.22. The van der Waals surface area contributed by atoms with Crippen LogP contribution in [0.4, 0.5) is 0 Å². The van der Waals surface area contributed by atoms with Crippen LogP contribution in [0.15, 0.2) is 0 Å². The minimum atomic E-state index is -2.76. The molecular formula is C11H27NO4Si. The van der Waals surface area contributed by atoms with Crippen LogP contribution in [0.2, 0.25) is 0 Å². The third kappa shape index (κ3) is 5.46. The average Bonchev–Trinajstić information content (AvgIpc) is 2.26. The van der Waals surface area contributed by atoms with E-state index < -0.39 is 15.0 Å². The van der Waals surface area contributed by atoms with E-state index in [1.165, 1.54) is 0 Å². The molecule has 0 saturated carbocycles. The molecule has 5 nitrogen and oxygen atoms in total. The summed E-state index contributed by atoms with van der Waals surface area (Å²) >= 11 is 0. The summed E-state index contributed by atoms with van der Waals surface area (Å²) in [5.74, 6) is 0. The SMILES string of the molecule is CCO[Si](OCC)(OCC)C(CC)NC(C)O. The Balaban J connectivity index is 4.89. The van der Waals surface area contributed by atoms with E-state index in [-0.39, 0.29) is 5.67 Å². The second kappa shape index (κ2) is 9.01. The highest BCUT2D eigenvalue weighted by atomic mass is 28.4. The van der Waals surface area contributed by atoms with Crippen molar-refractivity contribution in [2.45, 2.75) is 52.9 Å². The van der Waals surface area contributed by atoms with E-state index in [9.17, 15) is 5.11 Å². The van der Waals surface area contributed by atoms with Crippen LogP contribution in [0.1, 0.15) is 41.0 Å². The Kier molecular flexibility index (Phi) is 9.02. The van der Waals surface area contributed by atoms with Crippen molar-refractivity contribution in [2.75, 3.05) is 19.8 Å². The van der Waals surface area contributed by atoms with Crippen molar-refractivity contribution in [3.8, 4) is 0 Å². The molecule has 2 unspecified atom stereocenters. The molecule has 0 aromatic rings. The van der Waals surface area contributed by atoms with Gasteiger partial charge in [-0.1, -0.05) is 6.92 Å². The van der Waals surface area contributed by atoms with E-state index in [4.69, 9.17) is 13.3 Å². The molecule has 0 spiro atoms. The van der Waals surface area contributed by atoms with E-state index in [0.717, 1.165) is 6.42 Å². The zero-order valence-electron chi connectivity index (χ0n) is 11.7. The summed E-state index contributed by atoms with van der Waals surface area (Å²) < 4.78 is 17.4. The lowest BCUT2D eigenvalue weighted by molar-refractivity contribution is 0.0453. The van der Waals surface area contributed by atoms with Crippen LogP contribution in [-0.4, -0.2) is 45.6 Å². The molecule has 0 amide bonds. The molecule has 0 radical (unpaired) electrons. The van der Waals surface area contributed by atoms with E-state index in [1.807, 2.05) is 27.7 Å². The molecule has 0 saturated heterocycles. The van der Waals surface area contributed by atoms with Crippen molar-refractivity contribution >= 4 is 8.80 Å². The van der Waals surface area contributed by atoms with Gasteiger partial charge >= 0.3 is 8.80 Å². The van der Waals surface area contributed by atoms with Crippen molar-refractivity contribution in [1.82, 2.24) is 5.32 Å². The minimum Gasteiger partial charge on any atom is -0.379 e. The average molecular weight is 265 g/mol. The number of nitrogens with one attached hydrogen (secondary N) is 1. The fraction of sp³-hybridized carbons (Fsp3) is 1.00. The van der Waals surface area contributed by atoms with Crippen molar-refractivity contribution in [3.05, 3.63) is 0 Å². The van der Waals surface area contributed by atoms with E-state index in [0.29, 0.717) is 19.8 Å². The molecule has 0 aliphatic carbocycles. The van der Waals surface area contributed by atoms with Crippen molar-refractivity contribution in [1.29, 1.82) is 0 Å². The van der Waals surface area contributed by atoms with E-state index >= 15 is 0 Å². The lowest BCUT2D eigenvalue weighted by atomic mass is 10.4. The maximum Gasteiger partial charge on any atom is 0.518 e. The van der Waals surface area contributed by atoms with Gasteiger partial charge in [-0.05, 0) is 34.1 Å². The van der Waals surface area contributed by atoms with Crippen LogP contribution < -0.4 is 5.32 Å². The summed E-state index contributed by atoms with van der Waals surface area (Å²) in [6, 6.07) is 0. The molecule has 17 heavy (non-hydrogen) atoms. The third-order valence-corrected chi connectivity index (χ3v) is 5.82. The number of aliphatic hydroxyl groups is 1. The second-order valence-electron chi connectivity index (χ2n) is 3.71. The molecule has 0 aliphatic heterocycles. The highest BCUT2D eigenvalue weighted by Gasteiger charge is 2.48. The van der Waals surface area contributed by atoms with Gasteiger partial charge in [0.1, 0.15) is 6.23 Å². The molecule has 0 fully saturated rings. The quantitative estimate of drug-likeness (QED) is 0.460. The summed E-state index contributed by atoms with van der Waals surface area (Å²) in [6.45, 7) is 11.1. The molecule has 0 rings (SSSR count). The van der Waals surface area contributed by atoms with Crippen molar-refractivity contribution in [2.24, 2.45) is 0 Å². The zero-order chi connectivity index (χ0) is 13.3. The molecule has 0 heterocycles. The van der Waals surface area contributed by atoms with Gasteiger partial charge in [0.25, 0.3) is 0 Å². The molecule has 0 aromatic carbocycles. The van der Waals surface area contributed by atoms with Crippen LogP contribution in [-0.2, 0) is 13.3 Å². The Morgan fingerprint density at radius 1 is 1.00 bits per heavy atom. The van der Waals surface area contributed by atoms with Crippen LogP contribution in [0, 0.1) is 0 Å². The first-order chi connectivity index (χ1) is 8.06. The maximum atomic E-state index is 9.47. The fourth-order valence-corrected chi connectivity index (χ4v) is 4.80. The lowest BCUT2D eigenvalue weighted by Crippen LogP contribution is -2.63. The molecule has 0 aliphatic rings. The van der Waals surface area contributed by atoms with E-state index in [2.05, 4.69) is 5.32 Å². The van der Waals surface area contributed by atoms with Gasteiger partial charge in [0.15, 0.2) is 0 Å². The maximum absolute atomic E-state index is 9.47. The number of aliphatic hydroxyl groups excluding tert-OH is 1. The number of hydrogen-bond donors (Lipinski definition) is 2. The van der Waals surface area contributed by atoms with Gasteiger partial charge in [-0.3, -0.25) is 5.32 Å². The van der Waals surface area contributed by atoms with Gasteiger partial charge in [-0.2, -0.15) is 0 Å². The van der Waals surface area contributed by atoms with Crippen LogP contribution >= 0.6 is 0 Å². The zero-order valence-corrected chi connectivity index (χ0v) is 12.7. The molecule has 0 aromatic heterocycles. The smallest absolute Gasteiger partial charge is 0.379 e. The van der Waals surface area contributed by atoms with Gasteiger partial charge < -0.3 is 18.4 Å². The van der Waals surface area contributed by atoms with Crippen molar-refractivity contribution in [3.63, 3.8) is 0 Å². The highest BCUT2D eigenvalue weighted by Crippen LogP contribution is 2.18. The Bertz CT molecular complexity index is 175. The first-order valence-electron chi connectivity index (χ1n) is 6.42. The summed E-state index contributed by atoms with van der Waals surface area (Å²) in [4.78, 5) is 0.